The van der Waals surface area contributed by atoms with Gasteiger partial charge in [0.25, 0.3) is 0 Å². The lowest BCUT2D eigenvalue weighted by atomic mass is 9.87. The first-order chi connectivity index (χ1) is 11.0. The minimum absolute atomic E-state index is 0.0463. The third kappa shape index (κ3) is 3.33. The van der Waals surface area contributed by atoms with Crippen LogP contribution in [-0.2, 0) is 23.6 Å². The predicted octanol–water partition coefficient (Wildman–Crippen LogP) is 2.50. The Hall–Kier alpha value is -1.66. The van der Waals surface area contributed by atoms with E-state index >= 15 is 0 Å². The van der Waals surface area contributed by atoms with E-state index in [-0.39, 0.29) is 11.7 Å². The highest BCUT2D eigenvalue weighted by Crippen LogP contribution is 2.34. The molecule has 0 aliphatic carbocycles. The largest absolute Gasteiger partial charge is 0.276 e. The molecular formula is C17H23N3O2S. The highest BCUT2D eigenvalue weighted by atomic mass is 32.2. The normalized spacial score (nSPS) is 18.8. The van der Waals surface area contributed by atoms with Gasteiger partial charge in [0.1, 0.15) is 0 Å². The summed E-state index contributed by atoms with van der Waals surface area (Å²) in [4.78, 5) is 0. The summed E-state index contributed by atoms with van der Waals surface area (Å²) in [6.45, 7) is 2.98. The summed E-state index contributed by atoms with van der Waals surface area (Å²) in [6, 6.07) is 8.12. The van der Waals surface area contributed by atoms with Crippen LogP contribution in [0.1, 0.15) is 42.4 Å². The fourth-order valence-electron chi connectivity index (χ4n) is 3.15. The third-order valence-corrected chi connectivity index (χ3v) is 6.31. The molecule has 0 amide bonds. The maximum atomic E-state index is 12.6. The number of aryl methyl sites for hydroxylation is 1. The molecule has 0 N–H and O–H groups in total. The average Bonchev–Trinajstić information content (AvgIpc) is 2.98. The summed E-state index contributed by atoms with van der Waals surface area (Å²) in [5.74, 6) is 0.274. The highest BCUT2D eigenvalue weighted by molar-refractivity contribution is 7.89. The number of fused-ring (bicyclic) bond motifs is 1. The summed E-state index contributed by atoms with van der Waals surface area (Å²) >= 11 is 0. The van der Waals surface area contributed by atoms with Crippen molar-refractivity contribution in [2.45, 2.75) is 32.2 Å². The van der Waals surface area contributed by atoms with Gasteiger partial charge >= 0.3 is 0 Å². The Morgan fingerprint density at radius 1 is 1.30 bits per heavy atom. The highest BCUT2D eigenvalue weighted by Gasteiger charge is 2.33. The zero-order valence-corrected chi connectivity index (χ0v) is 14.5. The maximum absolute atomic E-state index is 12.6. The molecule has 23 heavy (non-hydrogen) atoms. The first-order valence-electron chi connectivity index (χ1n) is 8.05. The average molecular weight is 333 g/mol. The van der Waals surface area contributed by atoms with E-state index in [2.05, 4.69) is 11.2 Å². The molecule has 0 saturated heterocycles. The number of aromatic nitrogens is 2. The quantitative estimate of drug-likeness (QED) is 0.845. The molecule has 0 spiro atoms. The van der Waals surface area contributed by atoms with E-state index in [1.54, 1.807) is 8.99 Å². The number of hydrogen-bond donors (Lipinski definition) is 0. The van der Waals surface area contributed by atoms with Gasteiger partial charge in [-0.25, -0.2) is 8.42 Å². The van der Waals surface area contributed by atoms with Gasteiger partial charge in [-0.2, -0.15) is 9.40 Å². The number of rotatable bonds is 5. The molecule has 124 valence electrons. The minimum Gasteiger partial charge on any atom is -0.276 e. The van der Waals surface area contributed by atoms with Crippen molar-refractivity contribution in [3.05, 3.63) is 53.3 Å². The molecule has 0 saturated carbocycles. The molecule has 5 nitrogen and oxygen atoms in total. The molecule has 0 radical (unpaired) electrons. The summed E-state index contributed by atoms with van der Waals surface area (Å²) in [6.07, 6.45) is 5.40. The van der Waals surface area contributed by atoms with Crippen LogP contribution in [0.4, 0.5) is 0 Å². The van der Waals surface area contributed by atoms with Crippen molar-refractivity contribution >= 4 is 10.0 Å². The summed E-state index contributed by atoms with van der Waals surface area (Å²) in [5.41, 5.74) is 3.37. The Labute approximate surface area is 138 Å². The van der Waals surface area contributed by atoms with E-state index in [1.165, 1.54) is 5.56 Å². The van der Waals surface area contributed by atoms with Crippen LogP contribution in [0.25, 0.3) is 0 Å². The molecule has 6 heteroatoms. The third-order valence-electron chi connectivity index (χ3n) is 4.44. The topological polar surface area (TPSA) is 55.2 Å². The van der Waals surface area contributed by atoms with Crippen molar-refractivity contribution in [2.24, 2.45) is 7.05 Å². The molecule has 1 aromatic carbocycles. The minimum atomic E-state index is -3.22. The van der Waals surface area contributed by atoms with Gasteiger partial charge < -0.3 is 0 Å². The smallest absolute Gasteiger partial charge is 0.214 e. The monoisotopic (exact) mass is 333 g/mol. The number of benzene rings is 1. The van der Waals surface area contributed by atoms with Gasteiger partial charge in [0.05, 0.1) is 11.9 Å². The van der Waals surface area contributed by atoms with E-state index < -0.39 is 10.0 Å². The van der Waals surface area contributed by atoms with Crippen molar-refractivity contribution < 1.29 is 8.42 Å². The Kier molecular flexibility index (Phi) is 4.55. The van der Waals surface area contributed by atoms with Crippen LogP contribution in [0.3, 0.4) is 0 Å². The molecule has 1 unspecified atom stereocenters. The molecule has 2 aromatic rings. The fraction of sp³-hybridized carbons (Fsp3) is 0.471. The SMILES string of the molecule is CCCCS(=O)(=O)N1Cc2ccccc2C(c2cnn(C)c2)C1. The maximum Gasteiger partial charge on any atom is 0.214 e. The van der Waals surface area contributed by atoms with Crippen molar-refractivity contribution in [3.63, 3.8) is 0 Å². The zero-order valence-electron chi connectivity index (χ0n) is 13.6. The van der Waals surface area contributed by atoms with E-state index in [0.717, 1.165) is 17.5 Å². The second-order valence-electron chi connectivity index (χ2n) is 6.16. The van der Waals surface area contributed by atoms with E-state index in [1.807, 2.05) is 44.6 Å². The zero-order chi connectivity index (χ0) is 16.4. The number of hydrogen-bond acceptors (Lipinski definition) is 3. The number of nitrogens with zero attached hydrogens (tertiary/aromatic N) is 3. The standard InChI is InChI=1S/C17H23N3O2S/c1-3-4-9-23(21,22)20-12-14-7-5-6-8-16(14)17(13-20)15-10-18-19(2)11-15/h5-8,10-11,17H,3-4,9,12-13H2,1-2H3. The Morgan fingerprint density at radius 2 is 2.09 bits per heavy atom. The molecule has 1 aliphatic rings. The van der Waals surface area contributed by atoms with Crippen LogP contribution in [0.5, 0.6) is 0 Å². The molecule has 1 aromatic heterocycles. The molecule has 1 aliphatic heterocycles. The van der Waals surface area contributed by atoms with Gasteiger partial charge in [0, 0.05) is 32.3 Å². The molecule has 0 fully saturated rings. The van der Waals surface area contributed by atoms with Gasteiger partial charge in [0.2, 0.25) is 10.0 Å². The van der Waals surface area contributed by atoms with Gasteiger partial charge in [-0.15, -0.1) is 0 Å². The Morgan fingerprint density at radius 3 is 2.78 bits per heavy atom. The lowest BCUT2D eigenvalue weighted by Gasteiger charge is -2.33. The van der Waals surface area contributed by atoms with Crippen molar-refractivity contribution in [1.29, 1.82) is 0 Å². The van der Waals surface area contributed by atoms with Crippen LogP contribution in [0.15, 0.2) is 36.7 Å². The lowest BCUT2D eigenvalue weighted by Crippen LogP contribution is -2.39. The predicted molar refractivity (Wildman–Crippen MR) is 90.6 cm³/mol. The molecule has 3 rings (SSSR count). The molecular weight excluding hydrogens is 310 g/mol. The van der Waals surface area contributed by atoms with Crippen LogP contribution in [0, 0.1) is 0 Å². The van der Waals surface area contributed by atoms with E-state index in [0.29, 0.717) is 19.5 Å². The van der Waals surface area contributed by atoms with Crippen LogP contribution in [0.2, 0.25) is 0 Å². The van der Waals surface area contributed by atoms with Crippen molar-refractivity contribution in [1.82, 2.24) is 14.1 Å². The summed E-state index contributed by atoms with van der Waals surface area (Å²) < 4.78 is 28.7. The van der Waals surface area contributed by atoms with Gasteiger partial charge in [0.15, 0.2) is 0 Å². The van der Waals surface area contributed by atoms with Crippen LogP contribution >= 0.6 is 0 Å². The van der Waals surface area contributed by atoms with Crippen LogP contribution < -0.4 is 0 Å². The Bertz CT molecular complexity index is 783. The van der Waals surface area contributed by atoms with Crippen LogP contribution in [-0.4, -0.2) is 34.8 Å². The van der Waals surface area contributed by atoms with Gasteiger partial charge in [-0.05, 0) is 23.1 Å². The summed E-state index contributed by atoms with van der Waals surface area (Å²) in [5, 5.41) is 4.25. The summed E-state index contributed by atoms with van der Waals surface area (Å²) in [7, 11) is -1.33. The number of sulfonamides is 1. The lowest BCUT2D eigenvalue weighted by molar-refractivity contribution is 0.371. The van der Waals surface area contributed by atoms with Gasteiger partial charge in [-0.1, -0.05) is 37.6 Å². The fourth-order valence-corrected chi connectivity index (χ4v) is 4.77. The van der Waals surface area contributed by atoms with Crippen molar-refractivity contribution in [3.8, 4) is 0 Å². The Balaban J connectivity index is 1.96. The first-order valence-corrected chi connectivity index (χ1v) is 9.66. The van der Waals surface area contributed by atoms with E-state index in [9.17, 15) is 8.42 Å². The molecule has 0 bridgehead atoms. The van der Waals surface area contributed by atoms with E-state index in [4.69, 9.17) is 0 Å². The second-order valence-corrected chi connectivity index (χ2v) is 8.25. The number of unbranched alkanes of at least 4 members (excludes halogenated alkanes) is 1. The van der Waals surface area contributed by atoms with Crippen molar-refractivity contribution in [2.75, 3.05) is 12.3 Å². The van der Waals surface area contributed by atoms with Gasteiger partial charge in [-0.3, -0.25) is 4.68 Å². The molecule has 1 atom stereocenters. The molecule has 2 heterocycles. The second kappa shape index (κ2) is 6.45. The first kappa shape index (κ1) is 16.2.